The summed E-state index contributed by atoms with van der Waals surface area (Å²) in [6.45, 7) is -0.238. The van der Waals surface area contributed by atoms with Gasteiger partial charge >= 0.3 is 18.9 Å². The van der Waals surface area contributed by atoms with Gasteiger partial charge in [-0.2, -0.15) is 0 Å². The van der Waals surface area contributed by atoms with Crippen LogP contribution in [0.15, 0.2) is 78.9 Å². The number of aliphatic hydroxyl groups is 1. The first-order chi connectivity index (χ1) is 15.0. The van der Waals surface area contributed by atoms with Crippen molar-refractivity contribution < 1.29 is 48.1 Å². The fourth-order valence-corrected chi connectivity index (χ4v) is 3.93. The van der Waals surface area contributed by atoms with Crippen molar-refractivity contribution in [3.63, 3.8) is 0 Å². The van der Waals surface area contributed by atoms with Crippen LogP contribution in [0, 0.1) is 17.6 Å². The summed E-state index contributed by atoms with van der Waals surface area (Å²) in [6.07, 6.45) is 2.17. The zero-order valence-electron chi connectivity index (χ0n) is 18.4. The molecule has 0 radical (unpaired) electrons. The van der Waals surface area contributed by atoms with Gasteiger partial charge in [-0.25, -0.2) is 8.78 Å². The second-order valence-electron chi connectivity index (χ2n) is 7.46. The van der Waals surface area contributed by atoms with Crippen molar-refractivity contribution >= 4 is 41.1 Å². The number of nitrogens with zero attached hydrogens (tertiary/aromatic N) is 1. The van der Waals surface area contributed by atoms with E-state index in [1.165, 1.54) is 24.3 Å². The van der Waals surface area contributed by atoms with Gasteiger partial charge in [-0.1, -0.05) is 37.8 Å². The van der Waals surface area contributed by atoms with E-state index in [4.69, 9.17) is 0 Å². The second kappa shape index (κ2) is 14.4. The van der Waals surface area contributed by atoms with Gasteiger partial charge in [-0.15, -0.1) is 24.0 Å². The van der Waals surface area contributed by atoms with Crippen molar-refractivity contribution in [2.24, 2.45) is 5.92 Å². The van der Waals surface area contributed by atoms with Crippen LogP contribution in [0.25, 0.3) is 5.57 Å². The normalized spacial score (nSPS) is 16.6. The number of β-lactam (4-membered cyclic amide) rings is 1. The Bertz CT molecular complexity index is 1110. The number of allylic oxidation sites excluding steroid dienone is 1. The SMILES string of the molecule is C.I.O=C1[C@H](C/C=C(\CO)c2ccc(F)cc2)[C@@H](c2ccc(O)cc2)N1c1ccc(F)cc1.[Li+].[OH-]. The summed E-state index contributed by atoms with van der Waals surface area (Å²) < 4.78 is 26.6. The molecular weight excluding hydrogens is 562 g/mol. The Morgan fingerprint density at radius 1 is 0.914 bits per heavy atom. The number of hydrogen-bond donors (Lipinski definition) is 2. The van der Waals surface area contributed by atoms with E-state index in [1.807, 2.05) is 0 Å². The third-order valence-electron chi connectivity index (χ3n) is 5.56. The van der Waals surface area contributed by atoms with Crippen LogP contribution in [0.2, 0.25) is 0 Å². The summed E-state index contributed by atoms with van der Waals surface area (Å²) in [5.41, 5.74) is 2.72. The Balaban J connectivity index is 0.00000289. The van der Waals surface area contributed by atoms with Gasteiger partial charge in [0, 0.05) is 5.69 Å². The first-order valence-corrected chi connectivity index (χ1v) is 9.91. The fourth-order valence-electron chi connectivity index (χ4n) is 3.93. The zero-order valence-corrected chi connectivity index (χ0v) is 20.8. The van der Waals surface area contributed by atoms with Crippen LogP contribution in [0.5, 0.6) is 5.75 Å². The van der Waals surface area contributed by atoms with Crippen molar-refractivity contribution in [2.45, 2.75) is 19.9 Å². The van der Waals surface area contributed by atoms with Crippen molar-refractivity contribution in [3.8, 4) is 5.75 Å². The minimum Gasteiger partial charge on any atom is -0.870 e. The standard InChI is InChI=1S/C25H21F2NO3.CH4.HI.Li.H2O/c26-19-6-1-16(2-7-19)18(15-29)5-14-23-24(17-3-12-22(30)13-4-17)28(25(23)31)21-10-8-20(27)9-11-21;;;;/h1-13,23-24,29-30H,14-15H2;1H4;1H;;1H2/q;;;+1;/p-1/b18-5+;;;;/t23-,24-;;;;/m1..../s1. The molecule has 1 fully saturated rings. The minimum atomic E-state index is -0.392. The molecule has 3 aromatic rings. The first-order valence-electron chi connectivity index (χ1n) is 9.91. The molecular formula is C26H27F2ILiNO4. The van der Waals surface area contributed by atoms with Gasteiger partial charge < -0.3 is 20.6 Å². The number of carbonyl (C=O) groups is 1. The number of benzene rings is 3. The molecule has 0 saturated carbocycles. The Hall–Kier alpha value is -2.22. The molecule has 3 N–H and O–H groups in total. The Morgan fingerprint density at radius 3 is 1.94 bits per heavy atom. The molecule has 1 aliphatic heterocycles. The van der Waals surface area contributed by atoms with E-state index < -0.39 is 5.92 Å². The molecule has 1 heterocycles. The fraction of sp³-hybridized carbons (Fsp3) is 0.192. The van der Waals surface area contributed by atoms with Crippen molar-refractivity contribution in [3.05, 3.63) is 102 Å². The van der Waals surface area contributed by atoms with Gasteiger partial charge in [0.2, 0.25) is 5.91 Å². The summed E-state index contributed by atoms with van der Waals surface area (Å²) in [6, 6.07) is 17.9. The number of rotatable bonds is 6. The number of anilines is 1. The molecule has 1 aliphatic rings. The molecule has 9 heteroatoms. The van der Waals surface area contributed by atoms with Gasteiger partial charge in [0.25, 0.3) is 0 Å². The molecule has 0 spiro atoms. The summed E-state index contributed by atoms with van der Waals surface area (Å²) in [7, 11) is 0. The number of phenols is 1. The molecule has 0 aromatic heterocycles. The molecule has 0 bridgehead atoms. The average molecular weight is 589 g/mol. The maximum atomic E-state index is 13.4. The number of halogens is 3. The topological polar surface area (TPSA) is 90.8 Å². The Morgan fingerprint density at radius 2 is 1.43 bits per heavy atom. The van der Waals surface area contributed by atoms with Gasteiger partial charge in [-0.3, -0.25) is 4.79 Å². The maximum Gasteiger partial charge on any atom is 1.00 e. The van der Waals surface area contributed by atoms with E-state index >= 15 is 0 Å². The molecule has 0 aliphatic carbocycles. The van der Waals surface area contributed by atoms with Crippen LogP contribution in [-0.4, -0.2) is 28.2 Å². The van der Waals surface area contributed by atoms with Crippen LogP contribution >= 0.6 is 24.0 Å². The van der Waals surface area contributed by atoms with Gasteiger partial charge in [0.15, 0.2) is 0 Å². The molecule has 5 nitrogen and oxygen atoms in total. The largest absolute Gasteiger partial charge is 1.00 e. The van der Waals surface area contributed by atoms with Crippen LogP contribution in [0.1, 0.15) is 31.0 Å². The van der Waals surface area contributed by atoms with Crippen molar-refractivity contribution in [1.29, 1.82) is 0 Å². The first kappa shape index (κ1) is 32.8. The molecule has 35 heavy (non-hydrogen) atoms. The number of hydrogen-bond acceptors (Lipinski definition) is 4. The van der Waals surface area contributed by atoms with E-state index in [2.05, 4.69) is 0 Å². The number of amides is 1. The number of aliphatic hydroxyl groups excluding tert-OH is 1. The van der Waals surface area contributed by atoms with E-state index in [1.54, 1.807) is 59.5 Å². The minimum absolute atomic E-state index is 0. The van der Waals surface area contributed by atoms with Crippen LogP contribution < -0.4 is 23.8 Å². The number of carbonyl (C=O) groups excluding carboxylic acids is 1. The van der Waals surface area contributed by atoms with Crippen LogP contribution in [0.3, 0.4) is 0 Å². The third kappa shape index (κ3) is 7.15. The molecule has 182 valence electrons. The van der Waals surface area contributed by atoms with Crippen LogP contribution in [-0.2, 0) is 4.79 Å². The Labute approximate surface area is 233 Å². The average Bonchev–Trinajstić information content (AvgIpc) is 2.78. The van der Waals surface area contributed by atoms with Gasteiger partial charge in [0.1, 0.15) is 17.4 Å². The summed E-state index contributed by atoms with van der Waals surface area (Å²) >= 11 is 0. The van der Waals surface area contributed by atoms with Gasteiger partial charge in [0.05, 0.1) is 18.6 Å². The molecule has 1 amide bonds. The quantitative estimate of drug-likeness (QED) is 0.263. The molecule has 1 saturated heterocycles. The summed E-state index contributed by atoms with van der Waals surface area (Å²) in [5.74, 6) is -1.13. The maximum absolute atomic E-state index is 13.4. The summed E-state index contributed by atoms with van der Waals surface area (Å²) in [4.78, 5) is 14.6. The zero-order chi connectivity index (χ0) is 22.0. The van der Waals surface area contributed by atoms with Gasteiger partial charge in [-0.05, 0) is 71.7 Å². The second-order valence-corrected chi connectivity index (χ2v) is 7.46. The molecule has 3 aromatic carbocycles. The van der Waals surface area contributed by atoms with Crippen molar-refractivity contribution in [1.82, 2.24) is 0 Å². The summed E-state index contributed by atoms with van der Waals surface area (Å²) in [5, 5.41) is 19.4. The van der Waals surface area contributed by atoms with E-state index in [0.29, 0.717) is 23.2 Å². The predicted octanol–water partition coefficient (Wildman–Crippen LogP) is 2.92. The van der Waals surface area contributed by atoms with E-state index in [-0.39, 0.29) is 91.7 Å². The smallest absolute Gasteiger partial charge is 0.870 e. The van der Waals surface area contributed by atoms with Crippen molar-refractivity contribution in [2.75, 3.05) is 11.5 Å². The Kier molecular flexibility index (Phi) is 13.5. The molecule has 2 atom stereocenters. The number of phenolic OH excluding ortho intramolecular Hbond substituents is 1. The number of aromatic hydroxyl groups is 1. The molecule has 0 unspecified atom stereocenters. The van der Waals surface area contributed by atoms with Crippen LogP contribution in [0.4, 0.5) is 14.5 Å². The monoisotopic (exact) mass is 589 g/mol. The third-order valence-corrected chi connectivity index (χ3v) is 5.56. The predicted molar refractivity (Wildman–Crippen MR) is 138 cm³/mol. The van der Waals surface area contributed by atoms with E-state index in [0.717, 1.165) is 5.56 Å². The van der Waals surface area contributed by atoms with E-state index in [9.17, 15) is 23.8 Å². The molecule has 4 rings (SSSR count).